The monoisotopic (exact) mass is 558 g/mol. The number of nitrogens with zero attached hydrogens (tertiary/aromatic N) is 2. The average molecular weight is 559 g/mol. The zero-order valence-electron chi connectivity index (χ0n) is 22.0. The van der Waals surface area contributed by atoms with Crippen LogP contribution in [0.2, 0.25) is 0 Å². The van der Waals surface area contributed by atoms with Crippen LogP contribution < -0.4 is 19.6 Å². The molecule has 1 aliphatic heterocycles. The fraction of sp³-hybridized carbons (Fsp3) is 0.200. The minimum atomic E-state index is -1.01. The number of aromatic nitrogens is 1. The molecule has 0 unspecified atom stereocenters. The number of fused-ring (bicyclic) bond motifs is 1. The van der Waals surface area contributed by atoms with E-state index in [4.69, 9.17) is 19.0 Å². The molecule has 0 radical (unpaired) electrons. The fourth-order valence-corrected chi connectivity index (χ4v) is 5.54. The van der Waals surface area contributed by atoms with E-state index in [1.54, 1.807) is 56.3 Å². The van der Waals surface area contributed by atoms with Crippen LogP contribution in [0.25, 0.3) is 17.4 Å². The number of hydrogen-bond donors (Lipinski definition) is 1. The Hall–Kier alpha value is -4.70. The minimum Gasteiger partial charge on any atom is -0.494 e. The molecule has 2 aromatic heterocycles. The first-order valence-corrected chi connectivity index (χ1v) is 13.5. The van der Waals surface area contributed by atoms with Crippen LogP contribution in [-0.4, -0.2) is 34.8 Å². The van der Waals surface area contributed by atoms with Gasteiger partial charge in [0.2, 0.25) is 0 Å². The number of esters is 1. The lowest BCUT2D eigenvalue weighted by Gasteiger charge is -2.24. The molecule has 0 aliphatic carbocycles. The highest BCUT2D eigenvalue weighted by atomic mass is 32.1. The van der Waals surface area contributed by atoms with E-state index in [0.29, 0.717) is 50.0 Å². The third-order valence-electron chi connectivity index (χ3n) is 6.34. The third-order valence-corrected chi connectivity index (χ3v) is 7.32. The van der Waals surface area contributed by atoms with Crippen molar-refractivity contribution in [1.29, 1.82) is 0 Å². The minimum absolute atomic E-state index is 0.177. The lowest BCUT2D eigenvalue weighted by molar-refractivity contribution is -0.139. The Labute approximate surface area is 232 Å². The maximum absolute atomic E-state index is 13.8. The Morgan fingerprint density at radius 1 is 1.05 bits per heavy atom. The molecule has 2 aromatic carbocycles. The van der Waals surface area contributed by atoms with Crippen LogP contribution in [0.1, 0.15) is 48.5 Å². The van der Waals surface area contributed by atoms with Gasteiger partial charge < -0.3 is 19.0 Å². The maximum Gasteiger partial charge on any atom is 0.338 e. The molecule has 3 heterocycles. The largest absolute Gasteiger partial charge is 0.494 e. The molecule has 0 spiro atoms. The second-order valence-corrected chi connectivity index (χ2v) is 9.90. The Balaban J connectivity index is 1.58. The van der Waals surface area contributed by atoms with Crippen molar-refractivity contribution in [3.05, 3.63) is 109 Å². The molecule has 1 atom stereocenters. The van der Waals surface area contributed by atoms with Crippen LogP contribution in [0.4, 0.5) is 0 Å². The van der Waals surface area contributed by atoms with Gasteiger partial charge in [-0.1, -0.05) is 35.6 Å². The Kier molecular flexibility index (Phi) is 7.52. The third kappa shape index (κ3) is 5.13. The first-order chi connectivity index (χ1) is 19.3. The van der Waals surface area contributed by atoms with E-state index in [1.807, 2.05) is 19.1 Å². The number of allylic oxidation sites excluding steroid dienone is 1. The molecule has 10 heteroatoms. The number of carbonyl (C=O) groups excluding carboxylic acids is 1. The van der Waals surface area contributed by atoms with Gasteiger partial charge >= 0.3 is 11.9 Å². The van der Waals surface area contributed by atoms with Gasteiger partial charge in [-0.15, -0.1) is 0 Å². The summed E-state index contributed by atoms with van der Waals surface area (Å²) in [6.45, 7) is 6.07. The SMILES string of the molecule is CCOC(=O)C1=C(C)N=c2s/c(=C\c3ccc(-c4ccc(C(=O)O)cc4)o3)c(=O)n2[C@H]1c1ccc(OCC)cc1. The second-order valence-electron chi connectivity index (χ2n) is 8.89. The summed E-state index contributed by atoms with van der Waals surface area (Å²) in [6.07, 6.45) is 1.64. The van der Waals surface area contributed by atoms with Crippen molar-refractivity contribution in [3.63, 3.8) is 0 Å². The standard InChI is InChI=1S/C30H26N2O7S/c1-4-37-21-12-10-19(11-13-21)26-25(29(36)38-5-2)17(3)31-30-32(26)27(33)24(40-30)16-22-14-15-23(39-22)18-6-8-20(9-7-18)28(34)35/h6-16,26H,4-5H2,1-3H3,(H,34,35)/b24-16-/t26-/m0/s1. The number of carboxylic acids is 1. The lowest BCUT2D eigenvalue weighted by atomic mass is 9.96. The Morgan fingerprint density at radius 2 is 1.77 bits per heavy atom. The molecule has 5 rings (SSSR count). The molecule has 9 nitrogen and oxygen atoms in total. The summed E-state index contributed by atoms with van der Waals surface area (Å²) in [5.41, 5.74) is 2.07. The second kappa shape index (κ2) is 11.2. The molecular formula is C30H26N2O7S. The zero-order valence-corrected chi connectivity index (χ0v) is 22.9. The molecule has 0 saturated carbocycles. The van der Waals surface area contributed by atoms with Gasteiger partial charge in [-0.05, 0) is 62.7 Å². The van der Waals surface area contributed by atoms with Gasteiger partial charge in [0.05, 0.1) is 40.6 Å². The molecule has 40 heavy (non-hydrogen) atoms. The van der Waals surface area contributed by atoms with Crippen molar-refractivity contribution < 1.29 is 28.6 Å². The molecule has 4 aromatic rings. The van der Waals surface area contributed by atoms with Gasteiger partial charge in [-0.25, -0.2) is 14.6 Å². The number of aromatic carboxylic acids is 1. The number of thiazole rings is 1. The van der Waals surface area contributed by atoms with E-state index >= 15 is 0 Å². The number of furan rings is 1. The molecule has 0 bridgehead atoms. The first kappa shape index (κ1) is 26.9. The van der Waals surface area contributed by atoms with E-state index < -0.39 is 18.0 Å². The van der Waals surface area contributed by atoms with E-state index in [1.165, 1.54) is 28.0 Å². The predicted molar refractivity (Wildman–Crippen MR) is 149 cm³/mol. The predicted octanol–water partition coefficient (Wildman–Crippen LogP) is 4.16. The highest BCUT2D eigenvalue weighted by molar-refractivity contribution is 7.07. The highest BCUT2D eigenvalue weighted by Crippen LogP contribution is 2.31. The Morgan fingerprint density at radius 3 is 2.42 bits per heavy atom. The summed E-state index contributed by atoms with van der Waals surface area (Å²) in [5, 5.41) is 9.12. The van der Waals surface area contributed by atoms with Gasteiger partial charge in [0.15, 0.2) is 4.80 Å². The first-order valence-electron chi connectivity index (χ1n) is 12.7. The zero-order chi connectivity index (χ0) is 28.4. The number of ether oxygens (including phenoxy) is 2. The molecule has 0 amide bonds. The van der Waals surface area contributed by atoms with Crippen LogP contribution in [0, 0.1) is 0 Å². The fourth-order valence-electron chi connectivity index (χ4n) is 4.51. The summed E-state index contributed by atoms with van der Waals surface area (Å²) in [7, 11) is 0. The molecule has 1 aliphatic rings. The molecule has 0 saturated heterocycles. The number of carbonyl (C=O) groups is 2. The van der Waals surface area contributed by atoms with Gasteiger partial charge in [0.25, 0.3) is 5.56 Å². The van der Waals surface area contributed by atoms with Crippen LogP contribution in [-0.2, 0) is 9.53 Å². The van der Waals surface area contributed by atoms with Gasteiger partial charge in [0.1, 0.15) is 17.3 Å². The molecule has 0 fully saturated rings. The van der Waals surface area contributed by atoms with Crippen molar-refractivity contribution in [1.82, 2.24) is 4.57 Å². The Bertz CT molecular complexity index is 1790. The smallest absolute Gasteiger partial charge is 0.338 e. The van der Waals surface area contributed by atoms with Crippen molar-refractivity contribution in [2.24, 2.45) is 4.99 Å². The van der Waals surface area contributed by atoms with Crippen molar-refractivity contribution in [2.45, 2.75) is 26.8 Å². The van der Waals surface area contributed by atoms with E-state index in [9.17, 15) is 14.4 Å². The van der Waals surface area contributed by atoms with Gasteiger partial charge in [-0.3, -0.25) is 9.36 Å². The number of carboxylic acid groups (broad SMARTS) is 1. The van der Waals surface area contributed by atoms with E-state index in [2.05, 4.69) is 4.99 Å². The van der Waals surface area contributed by atoms with E-state index in [0.717, 1.165) is 5.56 Å². The van der Waals surface area contributed by atoms with Gasteiger partial charge in [0, 0.05) is 11.6 Å². The van der Waals surface area contributed by atoms with Gasteiger partial charge in [-0.2, -0.15) is 0 Å². The normalized spacial score (nSPS) is 15.0. The summed E-state index contributed by atoms with van der Waals surface area (Å²) < 4.78 is 18.8. The van der Waals surface area contributed by atoms with Crippen LogP contribution in [0.15, 0.2) is 86.1 Å². The number of hydrogen-bond acceptors (Lipinski definition) is 8. The lowest BCUT2D eigenvalue weighted by Crippen LogP contribution is -2.39. The number of benzene rings is 2. The maximum atomic E-state index is 13.8. The summed E-state index contributed by atoms with van der Waals surface area (Å²) >= 11 is 1.20. The van der Waals surface area contributed by atoms with Crippen molar-refractivity contribution in [3.8, 4) is 17.1 Å². The average Bonchev–Trinajstić information content (AvgIpc) is 3.53. The van der Waals surface area contributed by atoms with Crippen molar-refractivity contribution >= 4 is 29.4 Å². The molecular weight excluding hydrogens is 532 g/mol. The van der Waals surface area contributed by atoms with Crippen LogP contribution >= 0.6 is 11.3 Å². The summed E-state index contributed by atoms with van der Waals surface area (Å²) in [4.78, 5) is 43.0. The number of rotatable bonds is 8. The highest BCUT2D eigenvalue weighted by Gasteiger charge is 2.33. The topological polar surface area (TPSA) is 120 Å². The summed E-state index contributed by atoms with van der Waals surface area (Å²) in [6, 6.07) is 16.4. The van der Waals surface area contributed by atoms with Crippen molar-refractivity contribution in [2.75, 3.05) is 13.2 Å². The van der Waals surface area contributed by atoms with Crippen LogP contribution in [0.5, 0.6) is 5.75 Å². The van der Waals surface area contributed by atoms with E-state index in [-0.39, 0.29) is 17.7 Å². The molecule has 204 valence electrons. The summed E-state index contributed by atoms with van der Waals surface area (Å²) in [5.74, 6) is 0.127. The van der Waals surface area contributed by atoms with Crippen LogP contribution in [0.3, 0.4) is 0 Å². The molecule has 1 N–H and O–H groups in total. The quantitative estimate of drug-likeness (QED) is 0.323.